The van der Waals surface area contributed by atoms with Crippen molar-refractivity contribution in [1.82, 2.24) is 4.31 Å². The highest BCUT2D eigenvalue weighted by atomic mass is 79.9. The maximum Gasteiger partial charge on any atom is 0.243 e. The van der Waals surface area contributed by atoms with Crippen molar-refractivity contribution in [3.05, 3.63) is 27.7 Å². The molecule has 2 atom stereocenters. The predicted molar refractivity (Wildman–Crippen MR) is 86.9 cm³/mol. The van der Waals surface area contributed by atoms with Gasteiger partial charge in [0.1, 0.15) is 0 Å². The summed E-state index contributed by atoms with van der Waals surface area (Å²) in [4.78, 5) is 0.258. The molecule has 2 N–H and O–H groups in total. The monoisotopic (exact) mass is 402 g/mol. The van der Waals surface area contributed by atoms with E-state index in [2.05, 4.69) is 15.9 Å². The fourth-order valence-electron chi connectivity index (χ4n) is 2.19. The van der Waals surface area contributed by atoms with Crippen LogP contribution in [0.25, 0.3) is 0 Å². The molecule has 1 aliphatic rings. The second kappa shape index (κ2) is 6.94. The molecule has 114 valence electrons. The fraction of sp³-hybridized carbons (Fsp3) is 0.500. The van der Waals surface area contributed by atoms with Gasteiger partial charge in [-0.05, 0) is 53.4 Å². The summed E-state index contributed by atoms with van der Waals surface area (Å²) >= 11 is 9.13. The van der Waals surface area contributed by atoms with Crippen LogP contribution in [0.4, 0.5) is 0 Å². The molecule has 1 heterocycles. The number of nitrogens with two attached hydrogens (primary N) is 1. The third kappa shape index (κ3) is 3.67. The van der Waals surface area contributed by atoms with E-state index in [0.717, 1.165) is 6.42 Å². The Kier molecular flexibility index (Phi) is 6.32. The van der Waals surface area contributed by atoms with Gasteiger partial charge in [0, 0.05) is 23.6 Å². The van der Waals surface area contributed by atoms with E-state index in [-0.39, 0.29) is 29.3 Å². The van der Waals surface area contributed by atoms with E-state index in [0.29, 0.717) is 22.6 Å². The van der Waals surface area contributed by atoms with Crippen molar-refractivity contribution < 1.29 is 8.42 Å². The summed E-state index contributed by atoms with van der Waals surface area (Å²) in [6.45, 7) is 2.93. The number of benzene rings is 1. The molecule has 4 nitrogen and oxygen atoms in total. The molecule has 0 amide bonds. The van der Waals surface area contributed by atoms with Crippen molar-refractivity contribution in [1.29, 1.82) is 0 Å². The predicted octanol–water partition coefficient (Wildman–Crippen LogP) is 2.88. The smallest absolute Gasteiger partial charge is 0.243 e. The topological polar surface area (TPSA) is 63.4 Å². The summed E-state index contributed by atoms with van der Waals surface area (Å²) < 4.78 is 27.1. The average molecular weight is 404 g/mol. The van der Waals surface area contributed by atoms with Gasteiger partial charge in [0.05, 0.1) is 9.92 Å². The summed E-state index contributed by atoms with van der Waals surface area (Å²) in [5.74, 6) is 0.227. The molecule has 1 aromatic rings. The van der Waals surface area contributed by atoms with Crippen molar-refractivity contribution in [2.45, 2.75) is 24.3 Å². The number of nitrogens with zero attached hydrogens (tertiary/aromatic N) is 1. The van der Waals surface area contributed by atoms with Crippen molar-refractivity contribution >= 4 is 50.0 Å². The highest BCUT2D eigenvalue weighted by Crippen LogP contribution is 2.29. The molecule has 1 saturated heterocycles. The van der Waals surface area contributed by atoms with Gasteiger partial charge < -0.3 is 5.73 Å². The Labute approximate surface area is 139 Å². The Bertz CT molecular complexity index is 581. The van der Waals surface area contributed by atoms with Gasteiger partial charge in [0.15, 0.2) is 0 Å². The van der Waals surface area contributed by atoms with Crippen LogP contribution in [0, 0.1) is 5.92 Å². The zero-order valence-corrected chi connectivity index (χ0v) is 14.9. The molecule has 20 heavy (non-hydrogen) atoms. The molecule has 0 bridgehead atoms. The summed E-state index contributed by atoms with van der Waals surface area (Å²) in [6.07, 6.45) is 0.811. The number of sulfonamides is 1. The zero-order valence-electron chi connectivity index (χ0n) is 10.9. The first kappa shape index (κ1) is 18.2. The van der Waals surface area contributed by atoms with Crippen LogP contribution in [-0.2, 0) is 10.0 Å². The van der Waals surface area contributed by atoms with E-state index >= 15 is 0 Å². The van der Waals surface area contributed by atoms with Crippen molar-refractivity contribution in [3.8, 4) is 0 Å². The summed E-state index contributed by atoms with van der Waals surface area (Å²) in [5.41, 5.74) is 5.84. The van der Waals surface area contributed by atoms with Gasteiger partial charge in [-0.2, -0.15) is 4.31 Å². The first-order chi connectivity index (χ1) is 8.82. The molecule has 0 radical (unpaired) electrons. The fourth-order valence-corrected chi connectivity index (χ4v) is 4.37. The molecular weight excluding hydrogens is 387 g/mol. The molecule has 1 aliphatic heterocycles. The van der Waals surface area contributed by atoms with Gasteiger partial charge in [-0.1, -0.05) is 11.6 Å². The maximum atomic E-state index is 12.5. The molecule has 0 aromatic heterocycles. The van der Waals surface area contributed by atoms with Crippen molar-refractivity contribution in [3.63, 3.8) is 0 Å². The maximum absolute atomic E-state index is 12.5. The summed E-state index contributed by atoms with van der Waals surface area (Å²) in [7, 11) is -3.46. The van der Waals surface area contributed by atoms with Gasteiger partial charge in [-0.3, -0.25) is 0 Å². The van der Waals surface area contributed by atoms with Crippen LogP contribution in [0.3, 0.4) is 0 Å². The van der Waals surface area contributed by atoms with Crippen LogP contribution >= 0.6 is 39.9 Å². The lowest BCUT2D eigenvalue weighted by molar-refractivity contribution is 0.429. The molecule has 0 aliphatic carbocycles. The molecule has 8 heteroatoms. The van der Waals surface area contributed by atoms with E-state index in [1.165, 1.54) is 16.4 Å². The molecule has 2 unspecified atom stereocenters. The minimum absolute atomic E-state index is 0. The Morgan fingerprint density at radius 1 is 1.50 bits per heavy atom. The lowest BCUT2D eigenvalue weighted by Gasteiger charge is -2.18. The standard InChI is InChI=1S/C12H16BrClN2O2S.ClH/c1-8(15)9-4-5-16(7-9)19(17,18)10-2-3-12(14)11(13)6-10;/h2-3,6,8-9H,4-5,7,15H2,1H3;1H. The Hall–Kier alpha value is 0.150. The third-order valence-corrected chi connectivity index (χ3v) is 6.53. The first-order valence-corrected chi connectivity index (χ1v) is 8.64. The Balaban J connectivity index is 0.00000200. The minimum atomic E-state index is -3.46. The molecule has 2 rings (SSSR count). The van der Waals surface area contributed by atoms with E-state index in [4.69, 9.17) is 17.3 Å². The second-order valence-electron chi connectivity index (χ2n) is 4.85. The summed E-state index contributed by atoms with van der Waals surface area (Å²) in [5, 5.41) is 0.494. The van der Waals surface area contributed by atoms with Crippen LogP contribution in [0.15, 0.2) is 27.6 Å². The second-order valence-corrected chi connectivity index (χ2v) is 8.05. The highest BCUT2D eigenvalue weighted by molar-refractivity contribution is 9.10. The molecule has 1 aromatic carbocycles. The molecular formula is C12H17BrCl2N2O2S. The highest BCUT2D eigenvalue weighted by Gasteiger charge is 2.34. The number of hydrogen-bond donors (Lipinski definition) is 1. The zero-order chi connectivity index (χ0) is 14.2. The van der Waals surface area contributed by atoms with Crippen molar-refractivity contribution in [2.24, 2.45) is 11.7 Å². The quantitative estimate of drug-likeness (QED) is 0.843. The van der Waals surface area contributed by atoms with Crippen LogP contribution < -0.4 is 5.73 Å². The summed E-state index contributed by atoms with van der Waals surface area (Å²) in [6, 6.07) is 4.66. The van der Waals surface area contributed by atoms with Gasteiger partial charge >= 0.3 is 0 Å². The van der Waals surface area contributed by atoms with E-state index in [1.54, 1.807) is 6.07 Å². The Morgan fingerprint density at radius 3 is 2.65 bits per heavy atom. The molecule has 0 spiro atoms. The lowest BCUT2D eigenvalue weighted by Crippen LogP contribution is -2.33. The van der Waals surface area contributed by atoms with E-state index < -0.39 is 10.0 Å². The first-order valence-electron chi connectivity index (χ1n) is 6.03. The van der Waals surface area contributed by atoms with Crippen LogP contribution in [-0.4, -0.2) is 31.9 Å². The normalized spacial score (nSPS) is 21.5. The van der Waals surface area contributed by atoms with Gasteiger partial charge in [-0.25, -0.2) is 8.42 Å². The number of halogens is 3. The number of hydrogen-bond acceptors (Lipinski definition) is 3. The number of rotatable bonds is 3. The largest absolute Gasteiger partial charge is 0.328 e. The lowest BCUT2D eigenvalue weighted by atomic mass is 10.0. The minimum Gasteiger partial charge on any atom is -0.328 e. The van der Waals surface area contributed by atoms with Crippen LogP contribution in [0.2, 0.25) is 5.02 Å². The van der Waals surface area contributed by atoms with Crippen LogP contribution in [0.5, 0.6) is 0 Å². The van der Waals surface area contributed by atoms with E-state index in [9.17, 15) is 8.42 Å². The van der Waals surface area contributed by atoms with Gasteiger partial charge in [0.2, 0.25) is 10.0 Å². The third-order valence-electron chi connectivity index (χ3n) is 3.46. The van der Waals surface area contributed by atoms with Crippen molar-refractivity contribution in [2.75, 3.05) is 13.1 Å². The average Bonchev–Trinajstić information content (AvgIpc) is 2.82. The van der Waals surface area contributed by atoms with Gasteiger partial charge in [0.25, 0.3) is 0 Å². The van der Waals surface area contributed by atoms with E-state index in [1.807, 2.05) is 6.92 Å². The molecule has 0 saturated carbocycles. The SMILES string of the molecule is CC(N)C1CCN(S(=O)(=O)c2ccc(Cl)c(Br)c2)C1.Cl. The molecule has 1 fully saturated rings. The van der Waals surface area contributed by atoms with Crippen LogP contribution in [0.1, 0.15) is 13.3 Å². The van der Waals surface area contributed by atoms with Gasteiger partial charge in [-0.15, -0.1) is 12.4 Å². The Morgan fingerprint density at radius 2 is 2.15 bits per heavy atom.